The van der Waals surface area contributed by atoms with Gasteiger partial charge in [-0.2, -0.15) is 5.10 Å². The predicted molar refractivity (Wildman–Crippen MR) is 85.7 cm³/mol. The molecule has 3 nitrogen and oxygen atoms in total. The maximum atomic E-state index is 6.19. The van der Waals surface area contributed by atoms with E-state index in [9.17, 15) is 0 Å². The van der Waals surface area contributed by atoms with Crippen LogP contribution in [0.4, 0.5) is 5.69 Å². The van der Waals surface area contributed by atoms with Crippen LogP contribution >= 0.6 is 22.9 Å². The van der Waals surface area contributed by atoms with Gasteiger partial charge in [-0.25, -0.2) is 4.68 Å². The third kappa shape index (κ3) is 2.32. The minimum Gasteiger partial charge on any atom is -0.396 e. The number of rotatable bonds is 3. The molecule has 0 atom stereocenters. The summed E-state index contributed by atoms with van der Waals surface area (Å²) >= 11 is 7.92. The average molecular weight is 304 g/mol. The number of nitrogens with zero attached hydrogens (tertiary/aromatic N) is 2. The second-order valence-corrected chi connectivity index (χ2v) is 6.02. The molecular weight excluding hydrogens is 290 g/mol. The van der Waals surface area contributed by atoms with Gasteiger partial charge in [-0.1, -0.05) is 30.7 Å². The van der Waals surface area contributed by atoms with Crippen LogP contribution in [0.2, 0.25) is 5.02 Å². The first kappa shape index (κ1) is 13.2. The number of para-hydroxylation sites is 1. The molecule has 2 aromatic heterocycles. The van der Waals surface area contributed by atoms with Gasteiger partial charge in [0.1, 0.15) is 5.69 Å². The van der Waals surface area contributed by atoms with Gasteiger partial charge in [-0.15, -0.1) is 11.3 Å². The van der Waals surface area contributed by atoms with E-state index < -0.39 is 0 Å². The quantitative estimate of drug-likeness (QED) is 0.779. The van der Waals surface area contributed by atoms with E-state index in [0.717, 1.165) is 22.7 Å². The SMILES string of the molecule is CCc1ccc(-c2nn(-c3ccccc3Cl)cc2N)s1. The lowest BCUT2D eigenvalue weighted by Gasteiger charge is -2.02. The molecule has 2 N–H and O–H groups in total. The molecule has 0 aliphatic carbocycles. The minimum atomic E-state index is 0.655. The van der Waals surface area contributed by atoms with E-state index in [2.05, 4.69) is 24.2 Å². The van der Waals surface area contributed by atoms with E-state index in [4.69, 9.17) is 17.3 Å². The van der Waals surface area contributed by atoms with Gasteiger partial charge in [-0.3, -0.25) is 0 Å². The Morgan fingerprint density at radius 1 is 1.25 bits per heavy atom. The highest BCUT2D eigenvalue weighted by atomic mass is 35.5. The molecule has 102 valence electrons. The summed E-state index contributed by atoms with van der Waals surface area (Å²) in [5.41, 5.74) is 8.40. The summed E-state index contributed by atoms with van der Waals surface area (Å²) in [6.45, 7) is 2.14. The summed E-state index contributed by atoms with van der Waals surface area (Å²) in [4.78, 5) is 2.41. The van der Waals surface area contributed by atoms with Crippen LogP contribution in [0.5, 0.6) is 0 Å². The molecule has 0 aliphatic heterocycles. The summed E-state index contributed by atoms with van der Waals surface area (Å²) in [5.74, 6) is 0. The van der Waals surface area contributed by atoms with Gasteiger partial charge in [0.15, 0.2) is 0 Å². The van der Waals surface area contributed by atoms with Crippen molar-refractivity contribution in [3.63, 3.8) is 0 Å². The number of aryl methyl sites for hydroxylation is 1. The number of benzene rings is 1. The number of anilines is 1. The Bertz CT molecular complexity index is 745. The molecule has 5 heteroatoms. The maximum Gasteiger partial charge on any atom is 0.126 e. The number of hydrogen-bond acceptors (Lipinski definition) is 3. The van der Waals surface area contributed by atoms with Gasteiger partial charge in [0.05, 0.1) is 27.5 Å². The lowest BCUT2D eigenvalue weighted by atomic mass is 10.3. The summed E-state index contributed by atoms with van der Waals surface area (Å²) in [6.07, 6.45) is 2.83. The van der Waals surface area contributed by atoms with Crippen LogP contribution in [0, 0.1) is 0 Å². The van der Waals surface area contributed by atoms with Gasteiger partial charge >= 0.3 is 0 Å². The van der Waals surface area contributed by atoms with Crippen molar-refractivity contribution < 1.29 is 0 Å². The van der Waals surface area contributed by atoms with Crippen molar-refractivity contribution in [2.45, 2.75) is 13.3 Å². The first-order valence-electron chi connectivity index (χ1n) is 6.38. The minimum absolute atomic E-state index is 0.655. The van der Waals surface area contributed by atoms with E-state index in [1.165, 1.54) is 4.88 Å². The molecule has 3 aromatic rings. The first-order chi connectivity index (χ1) is 9.69. The third-order valence-corrected chi connectivity index (χ3v) is 4.64. The van der Waals surface area contributed by atoms with Crippen molar-refractivity contribution in [3.05, 3.63) is 52.5 Å². The fourth-order valence-corrected chi connectivity index (χ4v) is 3.21. The monoisotopic (exact) mass is 303 g/mol. The van der Waals surface area contributed by atoms with Crippen LogP contribution in [-0.4, -0.2) is 9.78 Å². The van der Waals surface area contributed by atoms with Crippen molar-refractivity contribution in [3.8, 4) is 16.3 Å². The van der Waals surface area contributed by atoms with E-state index >= 15 is 0 Å². The molecule has 0 bridgehead atoms. The van der Waals surface area contributed by atoms with Crippen molar-refractivity contribution in [2.75, 3.05) is 5.73 Å². The van der Waals surface area contributed by atoms with Crippen molar-refractivity contribution in [2.24, 2.45) is 0 Å². The van der Waals surface area contributed by atoms with Gasteiger partial charge in [-0.05, 0) is 30.7 Å². The Morgan fingerprint density at radius 2 is 2.05 bits per heavy atom. The standard InChI is InChI=1S/C15H14ClN3S/c1-2-10-7-8-14(20-10)15-12(17)9-19(18-15)13-6-4-3-5-11(13)16/h3-9H,2,17H2,1H3. The Hall–Kier alpha value is -1.78. The number of thiophene rings is 1. The number of nitrogens with two attached hydrogens (primary N) is 1. The Morgan fingerprint density at radius 3 is 2.75 bits per heavy atom. The largest absolute Gasteiger partial charge is 0.396 e. The maximum absolute atomic E-state index is 6.19. The Balaban J connectivity index is 2.05. The number of hydrogen-bond donors (Lipinski definition) is 1. The molecule has 0 fully saturated rings. The highest BCUT2D eigenvalue weighted by molar-refractivity contribution is 7.15. The van der Waals surface area contributed by atoms with E-state index in [1.54, 1.807) is 16.0 Å². The molecule has 0 unspecified atom stereocenters. The summed E-state index contributed by atoms with van der Waals surface area (Å²) in [7, 11) is 0. The van der Waals surface area contributed by atoms with E-state index in [0.29, 0.717) is 10.7 Å². The second kappa shape index (κ2) is 5.31. The third-order valence-electron chi connectivity index (χ3n) is 3.09. The van der Waals surface area contributed by atoms with Crippen LogP contribution in [0.25, 0.3) is 16.3 Å². The Labute approximate surface area is 126 Å². The molecule has 0 aliphatic rings. The van der Waals surface area contributed by atoms with Crippen LogP contribution in [0.1, 0.15) is 11.8 Å². The van der Waals surface area contributed by atoms with Crippen LogP contribution in [0.15, 0.2) is 42.6 Å². The van der Waals surface area contributed by atoms with Crippen LogP contribution in [0.3, 0.4) is 0 Å². The zero-order chi connectivity index (χ0) is 14.1. The van der Waals surface area contributed by atoms with Crippen molar-refractivity contribution in [1.82, 2.24) is 9.78 Å². The summed E-state index contributed by atoms with van der Waals surface area (Å²) in [6, 6.07) is 11.8. The van der Waals surface area contributed by atoms with Gasteiger partial charge in [0, 0.05) is 4.88 Å². The summed E-state index contributed by atoms with van der Waals surface area (Å²) < 4.78 is 1.73. The molecule has 0 amide bonds. The fraction of sp³-hybridized carbons (Fsp3) is 0.133. The lowest BCUT2D eigenvalue weighted by molar-refractivity contribution is 0.885. The highest BCUT2D eigenvalue weighted by Crippen LogP contribution is 2.32. The molecule has 0 saturated carbocycles. The zero-order valence-corrected chi connectivity index (χ0v) is 12.6. The number of aromatic nitrogens is 2. The Kier molecular flexibility index (Phi) is 3.51. The normalized spacial score (nSPS) is 10.9. The molecule has 1 aromatic carbocycles. The molecule has 20 heavy (non-hydrogen) atoms. The number of halogens is 1. The van der Waals surface area contributed by atoms with E-state index in [-0.39, 0.29) is 0 Å². The lowest BCUT2D eigenvalue weighted by Crippen LogP contribution is -1.95. The predicted octanol–water partition coefficient (Wildman–Crippen LogP) is 4.40. The van der Waals surface area contributed by atoms with Crippen LogP contribution < -0.4 is 5.73 Å². The second-order valence-electron chi connectivity index (χ2n) is 4.45. The topological polar surface area (TPSA) is 43.8 Å². The van der Waals surface area contributed by atoms with Crippen LogP contribution in [-0.2, 0) is 6.42 Å². The zero-order valence-electron chi connectivity index (χ0n) is 11.0. The molecular formula is C15H14ClN3S. The van der Waals surface area contributed by atoms with Crippen molar-refractivity contribution in [1.29, 1.82) is 0 Å². The molecule has 0 spiro atoms. The van der Waals surface area contributed by atoms with Gasteiger partial charge in [0.25, 0.3) is 0 Å². The molecule has 2 heterocycles. The fourth-order valence-electron chi connectivity index (χ4n) is 2.03. The van der Waals surface area contributed by atoms with Gasteiger partial charge < -0.3 is 5.73 Å². The molecule has 0 radical (unpaired) electrons. The number of nitrogen functional groups attached to an aromatic ring is 1. The summed E-state index contributed by atoms with van der Waals surface area (Å²) in [5, 5.41) is 5.23. The van der Waals surface area contributed by atoms with Crippen molar-refractivity contribution >= 4 is 28.6 Å². The van der Waals surface area contributed by atoms with E-state index in [1.807, 2.05) is 30.5 Å². The highest BCUT2D eigenvalue weighted by Gasteiger charge is 2.13. The first-order valence-corrected chi connectivity index (χ1v) is 7.57. The van der Waals surface area contributed by atoms with Gasteiger partial charge in [0.2, 0.25) is 0 Å². The average Bonchev–Trinajstić information content (AvgIpc) is 3.05. The molecule has 3 rings (SSSR count). The smallest absolute Gasteiger partial charge is 0.126 e. The molecule has 0 saturated heterocycles.